The summed E-state index contributed by atoms with van der Waals surface area (Å²) in [5.74, 6) is -0.847. The zero-order valence-electron chi connectivity index (χ0n) is 23.3. The summed E-state index contributed by atoms with van der Waals surface area (Å²) in [7, 11) is 5.62. The van der Waals surface area contributed by atoms with Crippen LogP contribution in [-0.2, 0) is 11.2 Å². The Morgan fingerprint density at radius 2 is 1.37 bits per heavy atom. The third kappa shape index (κ3) is 5.46. The van der Waals surface area contributed by atoms with Crippen LogP contribution >= 0.6 is 0 Å². The van der Waals surface area contributed by atoms with Gasteiger partial charge in [-0.2, -0.15) is 0 Å². The summed E-state index contributed by atoms with van der Waals surface area (Å²) in [5.41, 5.74) is 1.77. The van der Waals surface area contributed by atoms with E-state index in [0.717, 1.165) is 0 Å². The van der Waals surface area contributed by atoms with Crippen LogP contribution in [0.2, 0.25) is 0 Å². The van der Waals surface area contributed by atoms with Crippen molar-refractivity contribution >= 4 is 0 Å². The van der Waals surface area contributed by atoms with Crippen molar-refractivity contribution in [3.63, 3.8) is 0 Å². The minimum Gasteiger partial charge on any atom is -0.504 e. The quantitative estimate of drug-likeness (QED) is 0.190. The second kappa shape index (κ2) is 12.9. The molecule has 0 radical (unpaired) electrons. The lowest BCUT2D eigenvalue weighted by atomic mass is 9.66. The third-order valence-electron chi connectivity index (χ3n) is 7.99. The first-order chi connectivity index (χ1) is 19.7. The van der Waals surface area contributed by atoms with Crippen LogP contribution in [0.25, 0.3) is 0 Å². The third-order valence-corrected chi connectivity index (χ3v) is 7.99. The number of phenolic OH excluding ortho intramolecular Hbond substituents is 1. The standard InChI is InChI=1S/C28H38O13/c1-36-17-6-12(7-18(37-2)26(17)41-28-25(35)24(34)23(33)20(11-31)40-28)21-14-8-19(38-3)27(39-4)22(32)15(14)5-13(9-29)16(21)10-30/h6-8,13,16,20-21,23-25,28-35H,5,9-11H2,1-4H3/t13?,16?,20-,21?,23-,24+,25-,28+/m1/s1. The molecule has 41 heavy (non-hydrogen) atoms. The van der Waals surface area contributed by atoms with E-state index >= 15 is 0 Å². The monoisotopic (exact) mass is 582 g/mol. The Balaban J connectivity index is 1.84. The van der Waals surface area contributed by atoms with Crippen molar-refractivity contribution in [1.29, 1.82) is 0 Å². The van der Waals surface area contributed by atoms with Gasteiger partial charge >= 0.3 is 0 Å². The second-order valence-corrected chi connectivity index (χ2v) is 10.1. The molecule has 2 aromatic rings. The highest BCUT2D eigenvalue weighted by Crippen LogP contribution is 2.53. The maximum atomic E-state index is 11.1. The Morgan fingerprint density at radius 1 is 0.756 bits per heavy atom. The number of methoxy groups -OCH3 is 4. The molecular weight excluding hydrogens is 544 g/mol. The fraction of sp³-hybridized carbons (Fsp3) is 0.571. The van der Waals surface area contributed by atoms with Crippen LogP contribution in [0.5, 0.6) is 34.5 Å². The molecule has 0 spiro atoms. The summed E-state index contributed by atoms with van der Waals surface area (Å²) < 4.78 is 33.4. The SMILES string of the molecule is COc1cc(C2c3cc(OC)c(OC)c(O)c3CC(CO)C2CO)cc(OC)c1O[C@@H]1O[C@H](CO)[C@@H](O)[C@H](O)[C@H]1O. The summed E-state index contributed by atoms with van der Waals surface area (Å²) in [6.45, 7) is -1.16. The molecule has 1 saturated heterocycles. The highest BCUT2D eigenvalue weighted by molar-refractivity contribution is 5.63. The molecule has 0 aromatic heterocycles. The van der Waals surface area contributed by atoms with Crippen LogP contribution in [0.1, 0.15) is 22.6 Å². The van der Waals surface area contributed by atoms with E-state index in [-0.39, 0.29) is 54.1 Å². The van der Waals surface area contributed by atoms with E-state index in [9.17, 15) is 35.7 Å². The van der Waals surface area contributed by atoms with Crippen LogP contribution in [0.3, 0.4) is 0 Å². The Kier molecular flexibility index (Phi) is 9.70. The van der Waals surface area contributed by atoms with Gasteiger partial charge in [0.2, 0.25) is 17.8 Å². The van der Waals surface area contributed by atoms with E-state index in [1.807, 2.05) is 0 Å². The number of hydrogen-bond donors (Lipinski definition) is 7. The molecule has 13 nitrogen and oxygen atoms in total. The van der Waals surface area contributed by atoms with Crippen molar-refractivity contribution in [1.82, 2.24) is 0 Å². The second-order valence-electron chi connectivity index (χ2n) is 10.1. The van der Waals surface area contributed by atoms with E-state index in [1.54, 1.807) is 18.2 Å². The van der Waals surface area contributed by atoms with Crippen molar-refractivity contribution in [2.24, 2.45) is 11.8 Å². The lowest BCUT2D eigenvalue weighted by Crippen LogP contribution is -2.60. The first-order valence-electron chi connectivity index (χ1n) is 13.1. The van der Waals surface area contributed by atoms with Crippen LogP contribution in [-0.4, -0.2) is 115 Å². The maximum Gasteiger partial charge on any atom is 0.229 e. The van der Waals surface area contributed by atoms with Gasteiger partial charge in [-0.1, -0.05) is 0 Å². The molecule has 7 N–H and O–H groups in total. The topological polar surface area (TPSA) is 197 Å². The van der Waals surface area contributed by atoms with Gasteiger partial charge in [0.25, 0.3) is 0 Å². The molecule has 2 aliphatic rings. The van der Waals surface area contributed by atoms with Crippen molar-refractivity contribution in [2.75, 3.05) is 48.3 Å². The van der Waals surface area contributed by atoms with Gasteiger partial charge in [-0.05, 0) is 47.6 Å². The van der Waals surface area contributed by atoms with Gasteiger partial charge in [0.1, 0.15) is 24.4 Å². The number of hydrogen-bond acceptors (Lipinski definition) is 13. The minimum absolute atomic E-state index is 0.00790. The number of fused-ring (bicyclic) bond motifs is 1. The summed E-state index contributed by atoms with van der Waals surface area (Å²) >= 11 is 0. The van der Waals surface area contributed by atoms with Gasteiger partial charge in [-0.3, -0.25) is 0 Å². The van der Waals surface area contributed by atoms with Crippen LogP contribution in [0.15, 0.2) is 18.2 Å². The molecule has 0 saturated carbocycles. The maximum absolute atomic E-state index is 11.1. The van der Waals surface area contributed by atoms with E-state index in [0.29, 0.717) is 16.7 Å². The fourth-order valence-corrected chi connectivity index (χ4v) is 5.80. The molecule has 0 bridgehead atoms. The summed E-state index contributed by atoms with van der Waals surface area (Å²) in [5, 5.41) is 72.1. The lowest BCUT2D eigenvalue weighted by Gasteiger charge is -2.40. The largest absolute Gasteiger partial charge is 0.504 e. The van der Waals surface area contributed by atoms with E-state index in [1.165, 1.54) is 28.4 Å². The molecule has 1 heterocycles. The molecule has 228 valence electrons. The molecule has 3 unspecified atom stereocenters. The van der Waals surface area contributed by atoms with Crippen LogP contribution in [0, 0.1) is 11.8 Å². The van der Waals surface area contributed by atoms with E-state index in [2.05, 4.69) is 0 Å². The van der Waals surface area contributed by atoms with Gasteiger partial charge in [0, 0.05) is 24.7 Å². The predicted octanol–water partition coefficient (Wildman–Crippen LogP) is -0.490. The van der Waals surface area contributed by atoms with Crippen molar-refractivity contribution < 1.29 is 64.2 Å². The summed E-state index contributed by atoms with van der Waals surface area (Å²) in [6.07, 6.45) is -7.27. The van der Waals surface area contributed by atoms with Crippen molar-refractivity contribution in [2.45, 2.75) is 43.0 Å². The highest BCUT2D eigenvalue weighted by Gasteiger charge is 2.46. The van der Waals surface area contributed by atoms with E-state index in [4.69, 9.17) is 28.4 Å². The van der Waals surface area contributed by atoms with E-state index < -0.39 is 55.1 Å². The van der Waals surface area contributed by atoms with Gasteiger partial charge in [-0.25, -0.2) is 0 Å². The number of aliphatic hydroxyl groups is 6. The van der Waals surface area contributed by atoms with Gasteiger partial charge in [0.15, 0.2) is 23.0 Å². The molecular formula is C28H38O13. The summed E-state index contributed by atoms with van der Waals surface area (Å²) in [6, 6.07) is 4.99. The number of phenols is 1. The molecule has 8 atom stereocenters. The lowest BCUT2D eigenvalue weighted by molar-refractivity contribution is -0.277. The smallest absolute Gasteiger partial charge is 0.229 e. The predicted molar refractivity (Wildman–Crippen MR) is 142 cm³/mol. The first kappa shape index (κ1) is 30.9. The van der Waals surface area contributed by atoms with Crippen LogP contribution < -0.4 is 23.7 Å². The zero-order valence-corrected chi connectivity index (χ0v) is 23.3. The number of aromatic hydroxyl groups is 1. The zero-order chi connectivity index (χ0) is 30.0. The number of rotatable bonds is 10. The molecule has 0 amide bonds. The minimum atomic E-state index is -1.67. The number of benzene rings is 2. The Labute approximate surface area is 237 Å². The first-order valence-corrected chi connectivity index (χ1v) is 13.1. The Bertz CT molecular complexity index is 1180. The molecule has 1 fully saturated rings. The van der Waals surface area contributed by atoms with Gasteiger partial charge in [0.05, 0.1) is 35.0 Å². The van der Waals surface area contributed by atoms with Gasteiger partial charge < -0.3 is 64.2 Å². The molecule has 1 aliphatic carbocycles. The average molecular weight is 583 g/mol. The van der Waals surface area contributed by atoms with Gasteiger partial charge in [-0.15, -0.1) is 0 Å². The average Bonchev–Trinajstić information content (AvgIpc) is 2.99. The summed E-state index contributed by atoms with van der Waals surface area (Å²) in [4.78, 5) is 0. The number of ether oxygens (including phenoxy) is 6. The van der Waals surface area contributed by atoms with Crippen molar-refractivity contribution in [3.05, 3.63) is 34.9 Å². The van der Waals surface area contributed by atoms with Crippen LogP contribution in [0.4, 0.5) is 0 Å². The molecule has 1 aliphatic heterocycles. The normalized spacial score (nSPS) is 29.4. The molecule has 13 heteroatoms. The Morgan fingerprint density at radius 3 is 1.88 bits per heavy atom. The Hall–Kier alpha value is -3.04. The fourth-order valence-electron chi connectivity index (χ4n) is 5.80. The van der Waals surface area contributed by atoms with Crippen molar-refractivity contribution in [3.8, 4) is 34.5 Å². The number of aliphatic hydroxyl groups excluding tert-OH is 6. The highest BCUT2D eigenvalue weighted by atomic mass is 16.7. The molecule has 4 rings (SSSR count). The molecule has 2 aromatic carbocycles.